The Hall–Kier alpha value is -0.950. The number of nitrogens with one attached hydrogen (secondary N) is 1. The minimum atomic E-state index is -2.87. The molecule has 1 rings (SSSR count). The molecule has 0 aliphatic carbocycles. The van der Waals surface area contributed by atoms with Gasteiger partial charge in [-0.2, -0.15) is 8.78 Å². The zero-order valence-electron chi connectivity index (χ0n) is 10.2. The second kappa shape index (κ2) is 9.03. The molecule has 0 radical (unpaired) electrons. The zero-order valence-corrected chi connectivity index (χ0v) is 11.0. The molecular formula is C12H16ClF2NO3. The molecule has 0 aliphatic heterocycles. The number of benzene rings is 1. The van der Waals surface area contributed by atoms with Crippen LogP contribution < -0.4 is 10.1 Å². The second-order valence-corrected chi connectivity index (χ2v) is 4.08. The van der Waals surface area contributed by atoms with Gasteiger partial charge in [-0.25, -0.2) is 0 Å². The summed E-state index contributed by atoms with van der Waals surface area (Å²) in [6, 6.07) is 4.47. The third-order valence-corrected chi connectivity index (χ3v) is 2.45. The topological polar surface area (TPSA) is 50.7 Å². The molecule has 2 N–H and O–H groups in total. The molecule has 0 unspecified atom stereocenters. The van der Waals surface area contributed by atoms with Gasteiger partial charge in [-0.1, -0.05) is 11.6 Å². The van der Waals surface area contributed by atoms with E-state index >= 15 is 0 Å². The Kier molecular flexibility index (Phi) is 7.66. The molecule has 0 aromatic heterocycles. The largest absolute Gasteiger partial charge is 0.434 e. The lowest BCUT2D eigenvalue weighted by Crippen LogP contribution is -2.20. The summed E-state index contributed by atoms with van der Waals surface area (Å²) in [6.07, 6.45) is 0. The summed E-state index contributed by atoms with van der Waals surface area (Å²) in [4.78, 5) is 0. The number of aliphatic hydroxyl groups is 1. The SMILES string of the molecule is OCCOCCNCc1cc(Cl)ccc1OC(F)F. The van der Waals surface area contributed by atoms with Crippen LogP contribution in [0.4, 0.5) is 8.78 Å². The van der Waals surface area contributed by atoms with Crippen molar-refractivity contribution in [1.82, 2.24) is 5.32 Å². The molecule has 108 valence electrons. The maximum Gasteiger partial charge on any atom is 0.387 e. The van der Waals surface area contributed by atoms with Gasteiger partial charge in [0, 0.05) is 23.7 Å². The average Bonchev–Trinajstić information content (AvgIpc) is 2.36. The number of halogens is 3. The van der Waals surface area contributed by atoms with E-state index in [-0.39, 0.29) is 19.0 Å². The highest BCUT2D eigenvalue weighted by atomic mass is 35.5. The van der Waals surface area contributed by atoms with Crippen LogP contribution >= 0.6 is 11.6 Å². The molecule has 1 aromatic carbocycles. The van der Waals surface area contributed by atoms with Crippen LogP contribution in [0.3, 0.4) is 0 Å². The van der Waals surface area contributed by atoms with E-state index in [2.05, 4.69) is 10.1 Å². The number of alkyl halides is 2. The lowest BCUT2D eigenvalue weighted by atomic mass is 10.2. The minimum Gasteiger partial charge on any atom is -0.434 e. The molecule has 0 heterocycles. The van der Waals surface area contributed by atoms with Crippen molar-refractivity contribution < 1.29 is 23.4 Å². The first-order chi connectivity index (χ1) is 9.13. The number of aliphatic hydroxyl groups excluding tert-OH is 1. The third kappa shape index (κ3) is 6.68. The maximum atomic E-state index is 12.2. The van der Waals surface area contributed by atoms with Crippen LogP contribution in [0.2, 0.25) is 5.02 Å². The summed E-state index contributed by atoms with van der Waals surface area (Å²) >= 11 is 5.81. The molecule has 0 saturated heterocycles. The van der Waals surface area contributed by atoms with Crippen molar-refractivity contribution >= 4 is 11.6 Å². The molecule has 4 nitrogen and oxygen atoms in total. The van der Waals surface area contributed by atoms with Crippen molar-refractivity contribution in [3.05, 3.63) is 28.8 Å². The van der Waals surface area contributed by atoms with E-state index in [1.165, 1.54) is 12.1 Å². The molecule has 0 aliphatic rings. The smallest absolute Gasteiger partial charge is 0.387 e. The van der Waals surface area contributed by atoms with Crippen LogP contribution in [0.5, 0.6) is 5.75 Å². The van der Waals surface area contributed by atoms with Crippen LogP contribution in [0.15, 0.2) is 18.2 Å². The number of hydrogen-bond donors (Lipinski definition) is 2. The van der Waals surface area contributed by atoms with Crippen molar-refractivity contribution in [2.45, 2.75) is 13.2 Å². The van der Waals surface area contributed by atoms with Crippen LogP contribution in [0.1, 0.15) is 5.56 Å². The monoisotopic (exact) mass is 295 g/mol. The number of rotatable bonds is 9. The fourth-order valence-electron chi connectivity index (χ4n) is 1.43. The average molecular weight is 296 g/mol. The second-order valence-electron chi connectivity index (χ2n) is 3.64. The molecule has 0 atom stereocenters. The van der Waals surface area contributed by atoms with E-state index in [0.717, 1.165) is 0 Å². The van der Waals surface area contributed by atoms with Gasteiger partial charge in [0.15, 0.2) is 0 Å². The molecule has 0 spiro atoms. The lowest BCUT2D eigenvalue weighted by Gasteiger charge is -2.12. The Morgan fingerprint density at radius 1 is 1.32 bits per heavy atom. The summed E-state index contributed by atoms with van der Waals surface area (Å²) in [5.74, 6) is 0.100. The van der Waals surface area contributed by atoms with Crippen molar-refractivity contribution in [2.75, 3.05) is 26.4 Å². The van der Waals surface area contributed by atoms with E-state index in [4.69, 9.17) is 21.4 Å². The Morgan fingerprint density at radius 2 is 2.11 bits per heavy atom. The highest BCUT2D eigenvalue weighted by molar-refractivity contribution is 6.30. The van der Waals surface area contributed by atoms with Crippen LogP contribution in [0.25, 0.3) is 0 Å². The summed E-state index contributed by atoms with van der Waals surface area (Å²) in [6.45, 7) is -1.33. The number of ether oxygens (including phenoxy) is 2. The van der Waals surface area contributed by atoms with E-state index in [1.807, 2.05) is 0 Å². The van der Waals surface area contributed by atoms with E-state index in [9.17, 15) is 8.78 Å². The van der Waals surface area contributed by atoms with Gasteiger partial charge in [-0.15, -0.1) is 0 Å². The number of hydrogen-bond acceptors (Lipinski definition) is 4. The van der Waals surface area contributed by atoms with Gasteiger partial charge in [0.1, 0.15) is 5.75 Å². The molecule has 19 heavy (non-hydrogen) atoms. The fraction of sp³-hybridized carbons (Fsp3) is 0.500. The molecule has 0 amide bonds. The van der Waals surface area contributed by atoms with E-state index in [1.54, 1.807) is 6.07 Å². The standard InChI is InChI=1S/C12H16ClF2NO3/c13-10-1-2-11(19-12(14)15)9(7-10)8-16-3-5-18-6-4-17/h1-2,7,12,16-17H,3-6,8H2. The highest BCUT2D eigenvalue weighted by Crippen LogP contribution is 2.24. The van der Waals surface area contributed by atoms with E-state index in [0.29, 0.717) is 30.3 Å². The van der Waals surface area contributed by atoms with Crippen LogP contribution in [-0.2, 0) is 11.3 Å². The molecule has 0 bridgehead atoms. The molecule has 0 saturated carbocycles. The van der Waals surface area contributed by atoms with Crippen molar-refractivity contribution in [3.63, 3.8) is 0 Å². The highest BCUT2D eigenvalue weighted by Gasteiger charge is 2.09. The summed E-state index contributed by atoms with van der Waals surface area (Å²) in [5.41, 5.74) is 0.551. The molecule has 1 aromatic rings. The Labute approximate surface area is 115 Å². The van der Waals surface area contributed by atoms with Crippen LogP contribution in [-0.4, -0.2) is 38.1 Å². The Morgan fingerprint density at radius 3 is 2.79 bits per heavy atom. The summed E-state index contributed by atoms with van der Waals surface area (Å²) in [5, 5.41) is 12.0. The van der Waals surface area contributed by atoms with Gasteiger partial charge in [-0.3, -0.25) is 0 Å². The normalized spacial score (nSPS) is 11.0. The maximum absolute atomic E-state index is 12.2. The predicted molar refractivity (Wildman–Crippen MR) is 67.7 cm³/mol. The van der Waals surface area contributed by atoms with E-state index < -0.39 is 6.61 Å². The predicted octanol–water partition coefficient (Wildman–Crippen LogP) is 2.04. The first-order valence-corrected chi connectivity index (χ1v) is 6.14. The molecular weight excluding hydrogens is 280 g/mol. The van der Waals surface area contributed by atoms with Gasteiger partial charge in [0.05, 0.1) is 19.8 Å². The Bertz CT molecular complexity index is 380. The molecule has 0 fully saturated rings. The van der Waals surface area contributed by atoms with Crippen molar-refractivity contribution in [3.8, 4) is 5.75 Å². The first kappa shape index (κ1) is 16.1. The summed E-state index contributed by atoms with van der Waals surface area (Å²) < 4.78 is 33.9. The van der Waals surface area contributed by atoms with Gasteiger partial charge in [0.2, 0.25) is 0 Å². The fourth-order valence-corrected chi connectivity index (χ4v) is 1.63. The van der Waals surface area contributed by atoms with Gasteiger partial charge in [-0.05, 0) is 18.2 Å². The Balaban J connectivity index is 2.44. The summed E-state index contributed by atoms with van der Waals surface area (Å²) in [7, 11) is 0. The van der Waals surface area contributed by atoms with Gasteiger partial charge in [0.25, 0.3) is 0 Å². The van der Waals surface area contributed by atoms with Gasteiger partial charge < -0.3 is 19.9 Å². The first-order valence-electron chi connectivity index (χ1n) is 5.76. The van der Waals surface area contributed by atoms with Crippen LogP contribution in [0, 0.1) is 0 Å². The quantitative estimate of drug-likeness (QED) is 0.685. The van der Waals surface area contributed by atoms with Gasteiger partial charge >= 0.3 is 6.61 Å². The zero-order chi connectivity index (χ0) is 14.1. The van der Waals surface area contributed by atoms with Crippen molar-refractivity contribution in [2.24, 2.45) is 0 Å². The lowest BCUT2D eigenvalue weighted by molar-refractivity contribution is -0.0505. The minimum absolute atomic E-state index is 0.0271. The van der Waals surface area contributed by atoms with Crippen molar-refractivity contribution in [1.29, 1.82) is 0 Å². The third-order valence-electron chi connectivity index (χ3n) is 2.21. The molecule has 7 heteroatoms.